The van der Waals surface area contributed by atoms with Crippen LogP contribution in [0.4, 0.5) is 19.0 Å². The first-order valence-corrected chi connectivity index (χ1v) is 6.20. The molecule has 0 spiro atoms. The summed E-state index contributed by atoms with van der Waals surface area (Å²) in [5, 5.41) is 14.6. The van der Waals surface area contributed by atoms with Crippen molar-refractivity contribution in [2.45, 2.75) is 12.2 Å². The molecule has 0 amide bonds. The largest absolute Gasteiger partial charge is 0.478 e. The third kappa shape index (κ3) is 3.64. The van der Waals surface area contributed by atoms with Crippen molar-refractivity contribution in [1.82, 2.24) is 19.7 Å². The number of halogens is 4. The number of nitrogens with one attached hydrogen (secondary N) is 1. The monoisotopic (exact) mass is 335 g/mol. The molecule has 1 atom stereocenters. The van der Waals surface area contributed by atoms with Gasteiger partial charge in [0.15, 0.2) is 6.04 Å². The highest BCUT2D eigenvalue weighted by molar-refractivity contribution is 6.33. The van der Waals surface area contributed by atoms with Crippen LogP contribution in [-0.2, 0) is 0 Å². The van der Waals surface area contributed by atoms with Gasteiger partial charge >= 0.3 is 12.1 Å². The number of aromatic carboxylic acids is 1. The molecular formula is C11H9ClF3N5O2. The van der Waals surface area contributed by atoms with E-state index in [-0.39, 0.29) is 16.4 Å². The molecule has 118 valence electrons. The quantitative estimate of drug-likeness (QED) is 0.870. The molecule has 0 radical (unpaired) electrons. The number of hydrogen-bond donors (Lipinski definition) is 2. The van der Waals surface area contributed by atoms with Gasteiger partial charge in [-0.3, -0.25) is 0 Å². The maximum atomic E-state index is 13.0. The Morgan fingerprint density at radius 2 is 2.23 bits per heavy atom. The van der Waals surface area contributed by atoms with Crippen LogP contribution in [0.3, 0.4) is 0 Å². The Hall–Kier alpha value is -2.36. The third-order valence-electron chi connectivity index (χ3n) is 2.68. The van der Waals surface area contributed by atoms with E-state index in [9.17, 15) is 18.0 Å². The van der Waals surface area contributed by atoms with Gasteiger partial charge in [-0.25, -0.2) is 19.4 Å². The molecule has 0 aliphatic heterocycles. The van der Waals surface area contributed by atoms with E-state index in [0.29, 0.717) is 4.68 Å². The van der Waals surface area contributed by atoms with Gasteiger partial charge in [-0.2, -0.15) is 18.3 Å². The Bertz CT molecular complexity index is 662. The average Bonchev–Trinajstić information content (AvgIpc) is 2.92. The van der Waals surface area contributed by atoms with Crippen molar-refractivity contribution >= 4 is 23.4 Å². The summed E-state index contributed by atoms with van der Waals surface area (Å²) < 4.78 is 39.6. The van der Waals surface area contributed by atoms with Gasteiger partial charge in [0, 0.05) is 12.7 Å². The lowest BCUT2D eigenvalue weighted by Crippen LogP contribution is -2.33. The Balaban J connectivity index is 2.15. The molecule has 11 heteroatoms. The average molecular weight is 336 g/mol. The zero-order valence-corrected chi connectivity index (χ0v) is 11.5. The smallest absolute Gasteiger partial charge is 0.412 e. The lowest BCUT2D eigenvalue weighted by molar-refractivity contribution is -0.166. The van der Waals surface area contributed by atoms with Crippen LogP contribution < -0.4 is 5.32 Å². The van der Waals surface area contributed by atoms with Gasteiger partial charge in [0.05, 0.1) is 10.6 Å². The normalized spacial score (nSPS) is 12.9. The van der Waals surface area contributed by atoms with Crippen LogP contribution in [0, 0.1) is 0 Å². The molecular weight excluding hydrogens is 327 g/mol. The second-order valence-corrected chi connectivity index (χ2v) is 4.58. The number of rotatable bonds is 5. The molecule has 0 bridgehead atoms. The summed E-state index contributed by atoms with van der Waals surface area (Å²) in [6.45, 7) is -0.591. The van der Waals surface area contributed by atoms with Gasteiger partial charge < -0.3 is 10.4 Å². The maximum Gasteiger partial charge on any atom is 0.412 e. The minimum absolute atomic E-state index is 0.0546. The summed E-state index contributed by atoms with van der Waals surface area (Å²) in [6, 6.07) is -0.871. The number of hydrogen-bond acceptors (Lipinski definition) is 5. The summed E-state index contributed by atoms with van der Waals surface area (Å²) in [5.74, 6) is -1.29. The predicted octanol–water partition coefficient (Wildman–Crippen LogP) is 2.24. The van der Waals surface area contributed by atoms with Crippen molar-refractivity contribution in [3.05, 3.63) is 35.5 Å². The van der Waals surface area contributed by atoms with Crippen molar-refractivity contribution in [1.29, 1.82) is 0 Å². The second kappa shape index (κ2) is 6.18. The van der Waals surface area contributed by atoms with E-state index in [1.54, 1.807) is 0 Å². The first-order chi connectivity index (χ1) is 10.3. The summed E-state index contributed by atoms with van der Waals surface area (Å²) in [5.41, 5.74) is -0.167. The van der Waals surface area contributed by atoms with Crippen LogP contribution in [0.5, 0.6) is 0 Å². The number of anilines is 1. The first-order valence-electron chi connectivity index (χ1n) is 5.82. The van der Waals surface area contributed by atoms with Crippen LogP contribution >= 0.6 is 11.6 Å². The van der Waals surface area contributed by atoms with Gasteiger partial charge in [-0.05, 0) is 6.07 Å². The van der Waals surface area contributed by atoms with Crippen molar-refractivity contribution < 1.29 is 23.1 Å². The van der Waals surface area contributed by atoms with Gasteiger partial charge in [-0.1, -0.05) is 11.6 Å². The highest BCUT2D eigenvalue weighted by Gasteiger charge is 2.41. The highest BCUT2D eigenvalue weighted by Crippen LogP contribution is 2.30. The number of alkyl halides is 3. The molecule has 1 unspecified atom stereocenters. The van der Waals surface area contributed by atoms with E-state index in [2.05, 4.69) is 20.4 Å². The van der Waals surface area contributed by atoms with Crippen molar-refractivity contribution in [2.24, 2.45) is 0 Å². The van der Waals surface area contributed by atoms with Crippen LogP contribution in [-0.4, -0.2) is 43.5 Å². The van der Waals surface area contributed by atoms with Gasteiger partial charge in [0.2, 0.25) is 0 Å². The van der Waals surface area contributed by atoms with Crippen molar-refractivity contribution in [2.75, 3.05) is 11.9 Å². The second-order valence-electron chi connectivity index (χ2n) is 4.17. The van der Waals surface area contributed by atoms with Gasteiger partial charge in [0.1, 0.15) is 18.5 Å². The fraction of sp³-hybridized carbons (Fsp3) is 0.273. The maximum absolute atomic E-state index is 13.0. The molecule has 0 aliphatic carbocycles. The Morgan fingerprint density at radius 3 is 2.73 bits per heavy atom. The summed E-state index contributed by atoms with van der Waals surface area (Å²) >= 11 is 5.79. The minimum Gasteiger partial charge on any atom is -0.478 e. The van der Waals surface area contributed by atoms with Crippen molar-refractivity contribution in [3.63, 3.8) is 0 Å². The Labute approximate surface area is 126 Å². The molecule has 2 heterocycles. The van der Waals surface area contributed by atoms with E-state index >= 15 is 0 Å². The Morgan fingerprint density at radius 1 is 1.50 bits per heavy atom. The SMILES string of the molecule is O=C(O)c1cnc(NCC(n2cncn2)C(F)(F)F)c(Cl)c1. The number of nitrogens with zero attached hydrogens (tertiary/aromatic N) is 4. The number of carboxylic acids is 1. The molecule has 0 saturated carbocycles. The molecule has 0 aliphatic rings. The molecule has 0 saturated heterocycles. The first kappa shape index (κ1) is 16.0. The highest BCUT2D eigenvalue weighted by atomic mass is 35.5. The number of carboxylic acid groups (broad SMARTS) is 1. The topological polar surface area (TPSA) is 92.9 Å². The van der Waals surface area contributed by atoms with Crippen LogP contribution in [0.2, 0.25) is 5.02 Å². The molecule has 2 aromatic heterocycles. The third-order valence-corrected chi connectivity index (χ3v) is 2.97. The fourth-order valence-corrected chi connectivity index (χ4v) is 1.85. The van der Waals surface area contributed by atoms with E-state index in [4.69, 9.17) is 16.7 Å². The van der Waals surface area contributed by atoms with E-state index in [0.717, 1.165) is 24.9 Å². The lowest BCUT2D eigenvalue weighted by Gasteiger charge is -2.21. The van der Waals surface area contributed by atoms with E-state index < -0.39 is 24.7 Å². The van der Waals surface area contributed by atoms with Crippen LogP contribution in [0.15, 0.2) is 24.9 Å². The number of aromatic nitrogens is 4. The van der Waals surface area contributed by atoms with E-state index in [1.807, 2.05) is 0 Å². The molecule has 7 nitrogen and oxygen atoms in total. The van der Waals surface area contributed by atoms with Gasteiger partial charge in [-0.15, -0.1) is 0 Å². The molecule has 2 rings (SSSR count). The molecule has 22 heavy (non-hydrogen) atoms. The standard InChI is InChI=1S/C11H9ClF3N5O2/c12-7-1-6(10(21)22)2-17-9(7)18-3-8(11(13,14)15)20-5-16-4-19-20/h1-2,4-5,8H,3H2,(H,17,18)(H,21,22). The molecule has 0 fully saturated rings. The van der Waals surface area contributed by atoms with Crippen molar-refractivity contribution in [3.8, 4) is 0 Å². The number of pyridine rings is 1. The number of carbonyl (C=O) groups is 1. The summed E-state index contributed by atoms with van der Waals surface area (Å²) in [6.07, 6.45) is -1.63. The minimum atomic E-state index is -4.56. The van der Waals surface area contributed by atoms with Crippen LogP contribution in [0.25, 0.3) is 0 Å². The molecule has 0 aromatic carbocycles. The summed E-state index contributed by atoms with van der Waals surface area (Å²) in [4.78, 5) is 17.9. The van der Waals surface area contributed by atoms with Gasteiger partial charge in [0.25, 0.3) is 0 Å². The predicted molar refractivity (Wildman–Crippen MR) is 69.8 cm³/mol. The fourth-order valence-electron chi connectivity index (χ4n) is 1.62. The molecule has 2 aromatic rings. The van der Waals surface area contributed by atoms with E-state index in [1.165, 1.54) is 0 Å². The summed E-state index contributed by atoms with van der Waals surface area (Å²) in [7, 11) is 0. The zero-order valence-electron chi connectivity index (χ0n) is 10.8. The van der Waals surface area contributed by atoms with Crippen LogP contribution in [0.1, 0.15) is 16.4 Å². The lowest BCUT2D eigenvalue weighted by atomic mass is 10.2. The zero-order chi connectivity index (χ0) is 16.3. The Kier molecular flexibility index (Phi) is 4.50. The molecule has 2 N–H and O–H groups in total.